The molecule has 0 bridgehead atoms. The molecule has 1 fully saturated rings. The molecule has 1 aromatic carbocycles. The molecule has 0 aliphatic heterocycles. The standard InChI is InChI=1S/C19H31N/c1-18(2,3)17-10-12-19(13-11-17,15-20-4)14-16-8-6-5-7-9-16/h5-9,17,20H,10-15H2,1-4H3. The summed E-state index contributed by atoms with van der Waals surface area (Å²) in [5, 5.41) is 3.45. The molecule has 0 unspecified atom stereocenters. The van der Waals surface area contributed by atoms with Crippen LogP contribution in [0.1, 0.15) is 52.0 Å². The lowest BCUT2D eigenvalue weighted by Gasteiger charge is -2.44. The summed E-state index contributed by atoms with van der Waals surface area (Å²) >= 11 is 0. The summed E-state index contributed by atoms with van der Waals surface area (Å²) in [5.74, 6) is 0.892. The Morgan fingerprint density at radius 2 is 1.70 bits per heavy atom. The molecule has 1 heteroatoms. The lowest BCUT2D eigenvalue weighted by molar-refractivity contribution is 0.0877. The Kier molecular flexibility index (Phi) is 4.90. The Bertz CT molecular complexity index is 394. The van der Waals surface area contributed by atoms with Crippen molar-refractivity contribution in [3.05, 3.63) is 35.9 Å². The molecule has 2 rings (SSSR count). The zero-order valence-corrected chi connectivity index (χ0v) is 13.7. The van der Waals surface area contributed by atoms with Gasteiger partial charge in [-0.15, -0.1) is 0 Å². The van der Waals surface area contributed by atoms with Gasteiger partial charge in [0.15, 0.2) is 0 Å². The minimum atomic E-state index is 0.470. The van der Waals surface area contributed by atoms with E-state index in [9.17, 15) is 0 Å². The Morgan fingerprint density at radius 3 is 2.20 bits per heavy atom. The fourth-order valence-electron chi connectivity index (χ4n) is 3.92. The molecular weight excluding hydrogens is 242 g/mol. The molecular formula is C19H31N. The number of rotatable bonds is 4. The van der Waals surface area contributed by atoms with Crippen molar-refractivity contribution in [2.75, 3.05) is 13.6 Å². The van der Waals surface area contributed by atoms with Crippen molar-refractivity contribution in [2.24, 2.45) is 16.7 Å². The monoisotopic (exact) mass is 273 g/mol. The lowest BCUT2D eigenvalue weighted by atomic mass is 9.62. The van der Waals surface area contributed by atoms with Gasteiger partial charge in [-0.2, -0.15) is 0 Å². The summed E-state index contributed by atoms with van der Waals surface area (Å²) in [4.78, 5) is 0. The van der Waals surface area contributed by atoms with Crippen molar-refractivity contribution in [3.8, 4) is 0 Å². The molecule has 1 nitrogen and oxygen atoms in total. The molecule has 112 valence electrons. The van der Waals surface area contributed by atoms with Gasteiger partial charge < -0.3 is 5.32 Å². The highest BCUT2D eigenvalue weighted by Gasteiger charge is 2.38. The summed E-state index contributed by atoms with van der Waals surface area (Å²) in [5.41, 5.74) is 2.44. The second-order valence-corrected chi connectivity index (χ2v) is 7.83. The van der Waals surface area contributed by atoms with Gasteiger partial charge in [-0.3, -0.25) is 0 Å². The second kappa shape index (κ2) is 6.30. The highest BCUT2D eigenvalue weighted by atomic mass is 14.8. The van der Waals surface area contributed by atoms with Crippen molar-refractivity contribution in [2.45, 2.75) is 52.9 Å². The van der Waals surface area contributed by atoms with Crippen molar-refractivity contribution in [3.63, 3.8) is 0 Å². The molecule has 1 N–H and O–H groups in total. The zero-order chi connectivity index (χ0) is 14.6. The maximum atomic E-state index is 3.45. The van der Waals surface area contributed by atoms with E-state index in [4.69, 9.17) is 0 Å². The molecule has 1 aromatic rings. The molecule has 0 amide bonds. The highest BCUT2D eigenvalue weighted by Crippen LogP contribution is 2.46. The number of hydrogen-bond acceptors (Lipinski definition) is 1. The topological polar surface area (TPSA) is 12.0 Å². The Labute approximate surface area is 125 Å². The van der Waals surface area contributed by atoms with E-state index in [1.165, 1.54) is 37.7 Å². The predicted molar refractivity (Wildman–Crippen MR) is 87.9 cm³/mol. The van der Waals surface area contributed by atoms with Crippen LogP contribution in [0.2, 0.25) is 0 Å². The first-order chi connectivity index (χ1) is 9.45. The molecule has 0 spiro atoms. The fraction of sp³-hybridized carbons (Fsp3) is 0.684. The molecule has 1 aliphatic carbocycles. The van der Waals surface area contributed by atoms with Gasteiger partial charge in [-0.1, -0.05) is 51.1 Å². The molecule has 0 heterocycles. The first-order valence-corrected chi connectivity index (χ1v) is 8.14. The van der Waals surface area contributed by atoms with Crippen LogP contribution in [0.15, 0.2) is 30.3 Å². The van der Waals surface area contributed by atoms with Crippen LogP contribution < -0.4 is 5.32 Å². The van der Waals surface area contributed by atoms with Crippen molar-refractivity contribution in [1.29, 1.82) is 0 Å². The summed E-state index contributed by atoms with van der Waals surface area (Å²) in [6, 6.07) is 11.0. The fourth-order valence-corrected chi connectivity index (χ4v) is 3.92. The first-order valence-electron chi connectivity index (χ1n) is 8.14. The van der Waals surface area contributed by atoms with Gasteiger partial charge in [-0.05, 0) is 61.5 Å². The van der Waals surface area contributed by atoms with Gasteiger partial charge in [0, 0.05) is 6.54 Å². The Morgan fingerprint density at radius 1 is 1.10 bits per heavy atom. The third-order valence-electron chi connectivity index (χ3n) is 5.24. The van der Waals surface area contributed by atoms with Crippen LogP contribution in [0.25, 0.3) is 0 Å². The van der Waals surface area contributed by atoms with Gasteiger partial charge >= 0.3 is 0 Å². The van der Waals surface area contributed by atoms with Crippen molar-refractivity contribution >= 4 is 0 Å². The van der Waals surface area contributed by atoms with Gasteiger partial charge in [-0.25, -0.2) is 0 Å². The van der Waals surface area contributed by atoms with Gasteiger partial charge in [0.25, 0.3) is 0 Å². The molecule has 0 aromatic heterocycles. The minimum absolute atomic E-state index is 0.470. The van der Waals surface area contributed by atoms with Crippen LogP contribution in [0.3, 0.4) is 0 Å². The normalized spacial score (nSPS) is 27.5. The van der Waals surface area contributed by atoms with Crippen molar-refractivity contribution in [1.82, 2.24) is 5.32 Å². The zero-order valence-electron chi connectivity index (χ0n) is 13.7. The minimum Gasteiger partial charge on any atom is -0.319 e. The van der Waals surface area contributed by atoms with Crippen LogP contribution in [0.5, 0.6) is 0 Å². The third kappa shape index (κ3) is 3.85. The average molecular weight is 273 g/mol. The summed E-state index contributed by atoms with van der Waals surface area (Å²) in [7, 11) is 2.10. The van der Waals surface area contributed by atoms with Crippen LogP contribution in [0, 0.1) is 16.7 Å². The molecule has 1 aliphatic rings. The summed E-state index contributed by atoms with van der Waals surface area (Å²) in [6.45, 7) is 8.36. The van der Waals surface area contributed by atoms with E-state index in [2.05, 4.69) is 63.5 Å². The smallest absolute Gasteiger partial charge is 0.000800 e. The van der Waals surface area contributed by atoms with Gasteiger partial charge in [0.2, 0.25) is 0 Å². The average Bonchev–Trinajstić information content (AvgIpc) is 2.39. The Balaban J connectivity index is 2.05. The van der Waals surface area contributed by atoms with E-state index in [1.54, 1.807) is 0 Å². The molecule has 0 atom stereocenters. The highest BCUT2D eigenvalue weighted by molar-refractivity contribution is 5.17. The van der Waals surface area contributed by atoms with Crippen LogP contribution >= 0.6 is 0 Å². The van der Waals surface area contributed by atoms with Crippen LogP contribution in [-0.4, -0.2) is 13.6 Å². The summed E-state index contributed by atoms with van der Waals surface area (Å²) < 4.78 is 0. The number of hydrogen-bond donors (Lipinski definition) is 1. The van der Waals surface area contributed by atoms with Gasteiger partial charge in [0.1, 0.15) is 0 Å². The number of benzene rings is 1. The van der Waals surface area contributed by atoms with Crippen LogP contribution in [0.4, 0.5) is 0 Å². The van der Waals surface area contributed by atoms with Crippen LogP contribution in [-0.2, 0) is 6.42 Å². The van der Waals surface area contributed by atoms with E-state index in [-0.39, 0.29) is 0 Å². The van der Waals surface area contributed by atoms with E-state index in [0.29, 0.717) is 10.8 Å². The van der Waals surface area contributed by atoms with E-state index < -0.39 is 0 Å². The number of nitrogens with one attached hydrogen (secondary N) is 1. The van der Waals surface area contributed by atoms with E-state index >= 15 is 0 Å². The van der Waals surface area contributed by atoms with Crippen molar-refractivity contribution < 1.29 is 0 Å². The maximum Gasteiger partial charge on any atom is 0.000800 e. The SMILES string of the molecule is CNCC1(Cc2ccccc2)CCC(C(C)(C)C)CC1. The molecule has 0 saturated heterocycles. The van der Waals surface area contributed by atoms with Gasteiger partial charge in [0.05, 0.1) is 0 Å². The Hall–Kier alpha value is -0.820. The second-order valence-electron chi connectivity index (χ2n) is 7.83. The largest absolute Gasteiger partial charge is 0.319 e. The molecule has 20 heavy (non-hydrogen) atoms. The summed E-state index contributed by atoms with van der Waals surface area (Å²) in [6.07, 6.45) is 6.73. The molecule has 0 radical (unpaired) electrons. The predicted octanol–water partition coefficient (Wildman–Crippen LogP) is 4.67. The first kappa shape index (κ1) is 15.6. The van der Waals surface area contributed by atoms with E-state index in [1.807, 2.05) is 0 Å². The lowest BCUT2D eigenvalue weighted by Crippen LogP contribution is -2.40. The quantitative estimate of drug-likeness (QED) is 0.840. The van der Waals surface area contributed by atoms with E-state index in [0.717, 1.165) is 12.5 Å². The third-order valence-corrected chi connectivity index (χ3v) is 5.24. The molecule has 1 saturated carbocycles. The maximum absolute atomic E-state index is 3.45.